The molecule has 1 aliphatic rings. The molecular formula is C19H20FN5O2S2. The maximum Gasteiger partial charge on any atom is 0.273 e. The van der Waals surface area contributed by atoms with Crippen molar-refractivity contribution in [2.75, 3.05) is 29.1 Å². The average Bonchev–Trinajstić information content (AvgIpc) is 3.36. The highest BCUT2D eigenvalue weighted by Crippen LogP contribution is 2.29. The van der Waals surface area contributed by atoms with Crippen molar-refractivity contribution < 1.29 is 9.18 Å². The summed E-state index contributed by atoms with van der Waals surface area (Å²) in [4.78, 5) is 36.4. The van der Waals surface area contributed by atoms with E-state index >= 15 is 0 Å². The Morgan fingerprint density at radius 1 is 1.31 bits per heavy atom. The molecule has 1 aromatic carbocycles. The Labute approximate surface area is 175 Å². The number of benzene rings is 1. The molecule has 0 spiro atoms. The van der Waals surface area contributed by atoms with Gasteiger partial charge in [0, 0.05) is 25.3 Å². The summed E-state index contributed by atoms with van der Waals surface area (Å²) < 4.78 is 15.4. The normalized spacial score (nSPS) is 13.9. The zero-order chi connectivity index (χ0) is 20.4. The molecule has 3 heterocycles. The summed E-state index contributed by atoms with van der Waals surface area (Å²) in [5.74, 6) is -0.661. The Kier molecular flexibility index (Phi) is 5.81. The van der Waals surface area contributed by atoms with E-state index in [1.54, 1.807) is 10.6 Å². The predicted molar refractivity (Wildman–Crippen MR) is 115 cm³/mol. The predicted octanol–water partition coefficient (Wildman–Crippen LogP) is 3.34. The van der Waals surface area contributed by atoms with Crippen LogP contribution < -0.4 is 15.8 Å². The number of carbonyl (C=O) groups excluding carboxylic acids is 1. The first-order valence-electron chi connectivity index (χ1n) is 9.39. The number of hydrogen-bond donors (Lipinski definition) is 1. The van der Waals surface area contributed by atoms with Gasteiger partial charge < -0.3 is 10.2 Å². The van der Waals surface area contributed by atoms with Gasteiger partial charge in [0.25, 0.3) is 5.56 Å². The van der Waals surface area contributed by atoms with Gasteiger partial charge in [-0.1, -0.05) is 29.2 Å². The largest absolute Gasteiger partial charge is 0.348 e. The highest BCUT2D eigenvalue weighted by Gasteiger charge is 2.20. The molecule has 0 unspecified atom stereocenters. The minimum absolute atomic E-state index is 0.0532. The van der Waals surface area contributed by atoms with Gasteiger partial charge in [0.1, 0.15) is 10.5 Å². The van der Waals surface area contributed by atoms with Crippen LogP contribution in [0.3, 0.4) is 0 Å². The minimum Gasteiger partial charge on any atom is -0.348 e. The van der Waals surface area contributed by atoms with Crippen molar-refractivity contribution in [1.82, 2.24) is 14.5 Å². The van der Waals surface area contributed by atoms with E-state index in [9.17, 15) is 14.0 Å². The first kappa shape index (κ1) is 19.8. The monoisotopic (exact) mass is 433 g/mol. The lowest BCUT2D eigenvalue weighted by molar-refractivity contribution is -0.113. The van der Waals surface area contributed by atoms with E-state index in [-0.39, 0.29) is 17.2 Å². The summed E-state index contributed by atoms with van der Waals surface area (Å²) in [6.07, 6.45) is 2.26. The zero-order valence-electron chi connectivity index (χ0n) is 15.9. The Morgan fingerprint density at radius 2 is 2.10 bits per heavy atom. The van der Waals surface area contributed by atoms with Crippen molar-refractivity contribution in [1.29, 1.82) is 0 Å². The van der Waals surface area contributed by atoms with Gasteiger partial charge in [-0.15, -0.1) is 0 Å². The molecule has 3 aromatic rings. The average molecular weight is 434 g/mol. The Bertz CT molecular complexity index is 1110. The van der Waals surface area contributed by atoms with Crippen LogP contribution in [0.4, 0.5) is 15.2 Å². The van der Waals surface area contributed by atoms with Crippen LogP contribution in [0.1, 0.15) is 19.8 Å². The van der Waals surface area contributed by atoms with Gasteiger partial charge in [0.15, 0.2) is 15.9 Å². The summed E-state index contributed by atoms with van der Waals surface area (Å²) in [5.41, 5.74) is 0.690. The van der Waals surface area contributed by atoms with E-state index in [2.05, 4.69) is 20.2 Å². The SMILES string of the molecule is CCn1c(SCC(=O)Nc2cccc(F)c2)nc2nc(N3CCCC3)sc2c1=O. The van der Waals surface area contributed by atoms with Gasteiger partial charge in [-0.25, -0.2) is 9.37 Å². The number of thioether (sulfide) groups is 1. The minimum atomic E-state index is -0.417. The number of thiazole rings is 1. The second-order valence-corrected chi connectivity index (χ2v) is 8.55. The van der Waals surface area contributed by atoms with Crippen molar-refractivity contribution in [2.24, 2.45) is 0 Å². The molecule has 1 amide bonds. The van der Waals surface area contributed by atoms with Crippen molar-refractivity contribution in [2.45, 2.75) is 31.5 Å². The van der Waals surface area contributed by atoms with Gasteiger partial charge in [-0.3, -0.25) is 14.2 Å². The topological polar surface area (TPSA) is 80.1 Å². The van der Waals surface area contributed by atoms with E-state index in [1.807, 2.05) is 6.92 Å². The molecule has 152 valence electrons. The second-order valence-electron chi connectivity index (χ2n) is 6.63. The van der Waals surface area contributed by atoms with Crippen molar-refractivity contribution in [3.05, 3.63) is 40.4 Å². The molecular weight excluding hydrogens is 413 g/mol. The summed E-state index contributed by atoms with van der Waals surface area (Å²) in [6.45, 7) is 4.22. The van der Waals surface area contributed by atoms with Crippen LogP contribution in [0.5, 0.6) is 0 Å². The molecule has 1 fully saturated rings. The fraction of sp³-hybridized carbons (Fsp3) is 0.368. The van der Waals surface area contributed by atoms with E-state index < -0.39 is 5.82 Å². The summed E-state index contributed by atoms with van der Waals surface area (Å²) in [7, 11) is 0. The van der Waals surface area contributed by atoms with Crippen LogP contribution in [-0.4, -0.2) is 39.3 Å². The molecule has 4 rings (SSSR count). The number of anilines is 2. The van der Waals surface area contributed by atoms with Crippen LogP contribution in [0.2, 0.25) is 0 Å². The molecule has 0 saturated carbocycles. The maximum absolute atomic E-state index is 13.3. The van der Waals surface area contributed by atoms with Crippen LogP contribution in [0.25, 0.3) is 10.3 Å². The van der Waals surface area contributed by atoms with Crippen LogP contribution in [0, 0.1) is 5.82 Å². The molecule has 2 aromatic heterocycles. The number of rotatable bonds is 6. The van der Waals surface area contributed by atoms with E-state index in [1.165, 1.54) is 41.3 Å². The van der Waals surface area contributed by atoms with Gasteiger partial charge in [-0.2, -0.15) is 4.98 Å². The van der Waals surface area contributed by atoms with E-state index in [0.717, 1.165) is 31.1 Å². The van der Waals surface area contributed by atoms with Gasteiger partial charge >= 0.3 is 0 Å². The van der Waals surface area contributed by atoms with Crippen molar-refractivity contribution >= 4 is 50.2 Å². The Balaban J connectivity index is 1.54. The van der Waals surface area contributed by atoms with Gasteiger partial charge in [-0.05, 0) is 38.0 Å². The molecule has 7 nitrogen and oxygen atoms in total. The lowest BCUT2D eigenvalue weighted by Gasteiger charge is -2.11. The number of fused-ring (bicyclic) bond motifs is 1. The third-order valence-corrected chi connectivity index (χ3v) is 6.67. The number of hydrogen-bond acceptors (Lipinski definition) is 7. The summed E-state index contributed by atoms with van der Waals surface area (Å²) in [6, 6.07) is 5.72. The third-order valence-electron chi connectivity index (χ3n) is 4.60. The quantitative estimate of drug-likeness (QED) is 0.474. The first-order chi connectivity index (χ1) is 14.0. The van der Waals surface area contributed by atoms with E-state index in [0.29, 0.717) is 27.7 Å². The van der Waals surface area contributed by atoms with Crippen LogP contribution in [-0.2, 0) is 11.3 Å². The number of nitrogens with zero attached hydrogens (tertiary/aromatic N) is 4. The molecule has 29 heavy (non-hydrogen) atoms. The zero-order valence-corrected chi connectivity index (χ0v) is 17.5. The first-order valence-corrected chi connectivity index (χ1v) is 11.2. The third kappa shape index (κ3) is 4.27. The number of carbonyl (C=O) groups is 1. The molecule has 1 N–H and O–H groups in total. The lowest BCUT2D eigenvalue weighted by Crippen LogP contribution is -2.23. The molecule has 1 saturated heterocycles. The molecule has 1 aliphatic heterocycles. The van der Waals surface area contributed by atoms with E-state index in [4.69, 9.17) is 0 Å². The second kappa shape index (κ2) is 8.50. The number of halogens is 1. The number of nitrogens with one attached hydrogen (secondary N) is 1. The lowest BCUT2D eigenvalue weighted by atomic mass is 10.3. The van der Waals surface area contributed by atoms with Crippen molar-refractivity contribution in [3.8, 4) is 0 Å². The standard InChI is InChI=1S/C19H20FN5O2S2/c1-2-25-17(27)15-16(22-18(29-15)24-8-3-4-9-24)23-19(25)28-11-14(26)21-13-7-5-6-12(20)10-13/h5-7,10H,2-4,8-9,11H2,1H3,(H,21,26). The van der Waals surface area contributed by atoms with Crippen LogP contribution in [0.15, 0.2) is 34.2 Å². The Morgan fingerprint density at radius 3 is 2.83 bits per heavy atom. The fourth-order valence-corrected chi connectivity index (χ4v) is 5.06. The summed E-state index contributed by atoms with van der Waals surface area (Å²) >= 11 is 2.55. The molecule has 0 radical (unpaired) electrons. The summed E-state index contributed by atoms with van der Waals surface area (Å²) in [5, 5.41) is 3.93. The molecule has 0 atom stereocenters. The molecule has 0 bridgehead atoms. The molecule has 0 aliphatic carbocycles. The maximum atomic E-state index is 13.3. The Hall–Kier alpha value is -2.46. The van der Waals surface area contributed by atoms with Gasteiger partial charge in [0.2, 0.25) is 5.91 Å². The number of aromatic nitrogens is 3. The van der Waals surface area contributed by atoms with Crippen molar-refractivity contribution in [3.63, 3.8) is 0 Å². The highest BCUT2D eigenvalue weighted by molar-refractivity contribution is 7.99. The fourth-order valence-electron chi connectivity index (χ4n) is 3.20. The highest BCUT2D eigenvalue weighted by atomic mass is 32.2. The van der Waals surface area contributed by atoms with Gasteiger partial charge in [0.05, 0.1) is 5.75 Å². The number of amides is 1. The smallest absolute Gasteiger partial charge is 0.273 e. The molecule has 10 heteroatoms. The van der Waals surface area contributed by atoms with Crippen LogP contribution >= 0.6 is 23.1 Å².